The van der Waals surface area contributed by atoms with Gasteiger partial charge in [-0.15, -0.1) is 0 Å². The number of allylic oxidation sites excluding steroid dienone is 1. The number of rotatable bonds is 2. The largest absolute Gasteiger partial charge is 0.496 e. The van der Waals surface area contributed by atoms with Crippen LogP contribution in [-0.2, 0) is 14.3 Å². The zero-order valence-electron chi connectivity index (χ0n) is 8.73. The fourth-order valence-electron chi connectivity index (χ4n) is 3.09. The number of ether oxygens (including phenoxy) is 2. The van der Waals surface area contributed by atoms with E-state index in [-0.39, 0.29) is 5.60 Å². The van der Waals surface area contributed by atoms with Crippen LogP contribution < -0.4 is 0 Å². The van der Waals surface area contributed by atoms with Crippen LogP contribution in [0.15, 0.2) is 23.5 Å². The summed E-state index contributed by atoms with van der Waals surface area (Å²) in [5.41, 5.74) is 0.528. The van der Waals surface area contributed by atoms with Crippen LogP contribution in [0.2, 0.25) is 0 Å². The van der Waals surface area contributed by atoms with Crippen molar-refractivity contribution in [1.29, 1.82) is 0 Å². The smallest absolute Gasteiger partial charge is 0.153 e. The molecule has 0 amide bonds. The van der Waals surface area contributed by atoms with Gasteiger partial charge in [0.2, 0.25) is 0 Å². The molecule has 1 aliphatic heterocycles. The Kier molecular flexibility index (Phi) is 1.80. The van der Waals surface area contributed by atoms with Gasteiger partial charge in [0.05, 0.1) is 18.3 Å². The molecular formula is C12H14O3. The first kappa shape index (κ1) is 9.16. The molecule has 3 aliphatic rings. The monoisotopic (exact) mass is 206 g/mol. The van der Waals surface area contributed by atoms with E-state index >= 15 is 0 Å². The summed E-state index contributed by atoms with van der Waals surface area (Å²) in [4.78, 5) is 10.9. The molecule has 3 heteroatoms. The minimum absolute atomic E-state index is 0.141. The van der Waals surface area contributed by atoms with Gasteiger partial charge in [0.25, 0.3) is 0 Å². The number of hydrogen-bond acceptors (Lipinski definition) is 3. The van der Waals surface area contributed by atoms with Crippen molar-refractivity contribution in [1.82, 2.24) is 0 Å². The summed E-state index contributed by atoms with van der Waals surface area (Å²) in [5.74, 6) is 1.68. The predicted octanol–water partition coefficient (Wildman–Crippen LogP) is 1.45. The summed E-state index contributed by atoms with van der Waals surface area (Å²) >= 11 is 0. The molecule has 3 unspecified atom stereocenters. The van der Waals surface area contributed by atoms with Gasteiger partial charge in [-0.2, -0.15) is 0 Å². The summed E-state index contributed by atoms with van der Waals surface area (Å²) in [6, 6.07) is 0. The van der Waals surface area contributed by atoms with Crippen molar-refractivity contribution in [3.8, 4) is 0 Å². The van der Waals surface area contributed by atoms with Crippen LogP contribution in [0.1, 0.15) is 12.8 Å². The molecule has 1 spiro atoms. The average Bonchev–Trinajstić information content (AvgIpc) is 2.54. The van der Waals surface area contributed by atoms with Crippen molar-refractivity contribution < 1.29 is 14.3 Å². The van der Waals surface area contributed by atoms with Crippen molar-refractivity contribution in [2.24, 2.45) is 11.8 Å². The Morgan fingerprint density at radius 2 is 2.53 bits per heavy atom. The van der Waals surface area contributed by atoms with Gasteiger partial charge in [0, 0.05) is 12.5 Å². The van der Waals surface area contributed by atoms with Gasteiger partial charge in [-0.3, -0.25) is 4.79 Å². The van der Waals surface area contributed by atoms with Gasteiger partial charge in [-0.05, 0) is 24.8 Å². The lowest BCUT2D eigenvalue weighted by atomic mass is 9.58. The number of methoxy groups -OCH3 is 1. The van der Waals surface area contributed by atoms with E-state index in [2.05, 4.69) is 0 Å². The van der Waals surface area contributed by atoms with Crippen LogP contribution in [0.5, 0.6) is 0 Å². The third-order valence-corrected chi connectivity index (χ3v) is 3.94. The summed E-state index contributed by atoms with van der Waals surface area (Å²) in [7, 11) is 1.60. The van der Waals surface area contributed by atoms with Gasteiger partial charge in [-0.25, -0.2) is 0 Å². The Morgan fingerprint density at radius 1 is 1.67 bits per heavy atom. The van der Waals surface area contributed by atoms with Crippen molar-refractivity contribution in [2.45, 2.75) is 18.4 Å². The predicted molar refractivity (Wildman–Crippen MR) is 54.1 cm³/mol. The normalized spacial score (nSPS) is 41.9. The van der Waals surface area contributed by atoms with Crippen LogP contribution in [0.3, 0.4) is 0 Å². The van der Waals surface area contributed by atoms with Crippen LogP contribution >= 0.6 is 0 Å². The molecule has 15 heavy (non-hydrogen) atoms. The summed E-state index contributed by atoms with van der Waals surface area (Å²) < 4.78 is 11.1. The summed E-state index contributed by atoms with van der Waals surface area (Å²) in [6.07, 6.45) is 7.17. The lowest BCUT2D eigenvalue weighted by molar-refractivity contribution is -0.106. The standard InChI is InChI=1S/C12H14O3/c1-14-11-6-12-9(2-3-15-12)5-10(12)4-8(11)7-13/h4,6-7,9-10H,2-3,5H2,1H3. The molecule has 0 aromatic rings. The van der Waals surface area contributed by atoms with Gasteiger partial charge in [0.15, 0.2) is 6.29 Å². The van der Waals surface area contributed by atoms with Gasteiger partial charge in [0.1, 0.15) is 5.76 Å². The van der Waals surface area contributed by atoms with Crippen LogP contribution in [0.25, 0.3) is 0 Å². The van der Waals surface area contributed by atoms with E-state index in [4.69, 9.17) is 9.47 Å². The molecule has 0 radical (unpaired) electrons. The lowest BCUT2D eigenvalue weighted by Gasteiger charge is -2.50. The highest BCUT2D eigenvalue weighted by atomic mass is 16.5. The first-order chi connectivity index (χ1) is 7.30. The number of carbonyl (C=O) groups is 1. The van der Waals surface area contributed by atoms with Crippen molar-refractivity contribution >= 4 is 6.29 Å². The van der Waals surface area contributed by atoms with E-state index in [9.17, 15) is 4.79 Å². The van der Waals surface area contributed by atoms with E-state index in [1.165, 1.54) is 0 Å². The average molecular weight is 206 g/mol. The number of aldehydes is 1. The molecule has 0 aromatic heterocycles. The molecule has 1 heterocycles. The molecule has 1 saturated heterocycles. The van der Waals surface area contributed by atoms with Gasteiger partial charge in [-0.1, -0.05) is 6.08 Å². The summed E-state index contributed by atoms with van der Waals surface area (Å²) in [6.45, 7) is 0.832. The number of carbonyl (C=O) groups excluding carboxylic acids is 1. The fourth-order valence-corrected chi connectivity index (χ4v) is 3.09. The van der Waals surface area contributed by atoms with Crippen LogP contribution in [0.4, 0.5) is 0 Å². The molecule has 2 aliphatic carbocycles. The molecule has 1 saturated carbocycles. The van der Waals surface area contributed by atoms with Crippen LogP contribution in [-0.4, -0.2) is 25.6 Å². The first-order valence-corrected chi connectivity index (χ1v) is 5.38. The highest BCUT2D eigenvalue weighted by molar-refractivity contribution is 5.80. The maximum atomic E-state index is 10.9. The highest BCUT2D eigenvalue weighted by Crippen LogP contribution is 2.56. The Bertz CT molecular complexity index is 369. The second-order valence-electron chi connectivity index (χ2n) is 4.48. The Labute approximate surface area is 88.7 Å². The van der Waals surface area contributed by atoms with E-state index in [0.717, 1.165) is 25.7 Å². The van der Waals surface area contributed by atoms with E-state index in [1.807, 2.05) is 12.2 Å². The first-order valence-electron chi connectivity index (χ1n) is 5.38. The molecule has 80 valence electrons. The second-order valence-corrected chi connectivity index (χ2v) is 4.48. The molecule has 0 aromatic carbocycles. The Morgan fingerprint density at radius 3 is 3.20 bits per heavy atom. The Balaban J connectivity index is 2.00. The fraction of sp³-hybridized carbons (Fsp3) is 0.583. The van der Waals surface area contributed by atoms with E-state index in [1.54, 1.807) is 7.11 Å². The van der Waals surface area contributed by atoms with E-state index in [0.29, 0.717) is 23.2 Å². The molecule has 0 N–H and O–H groups in total. The molecule has 3 rings (SSSR count). The zero-order valence-corrected chi connectivity index (χ0v) is 8.73. The van der Waals surface area contributed by atoms with Crippen molar-refractivity contribution in [2.75, 3.05) is 13.7 Å². The minimum Gasteiger partial charge on any atom is -0.496 e. The maximum Gasteiger partial charge on any atom is 0.153 e. The van der Waals surface area contributed by atoms with Gasteiger partial charge < -0.3 is 9.47 Å². The van der Waals surface area contributed by atoms with Crippen molar-refractivity contribution in [3.63, 3.8) is 0 Å². The SMILES string of the molecule is COC1=CC23OCCC2CC3C=C1C=O. The molecule has 3 nitrogen and oxygen atoms in total. The molecule has 0 bridgehead atoms. The minimum atomic E-state index is -0.141. The van der Waals surface area contributed by atoms with E-state index < -0.39 is 0 Å². The molecule has 2 fully saturated rings. The quantitative estimate of drug-likeness (QED) is 0.641. The third kappa shape index (κ3) is 1.01. The highest BCUT2D eigenvalue weighted by Gasteiger charge is 2.58. The van der Waals surface area contributed by atoms with Crippen molar-refractivity contribution in [3.05, 3.63) is 23.5 Å². The molecule has 3 atom stereocenters. The maximum absolute atomic E-state index is 10.9. The third-order valence-electron chi connectivity index (χ3n) is 3.94. The van der Waals surface area contributed by atoms with Gasteiger partial charge >= 0.3 is 0 Å². The van der Waals surface area contributed by atoms with Crippen LogP contribution in [0, 0.1) is 11.8 Å². The lowest BCUT2D eigenvalue weighted by Crippen LogP contribution is -2.53. The molecular weight excluding hydrogens is 192 g/mol. The summed E-state index contributed by atoms with van der Waals surface area (Å²) in [5, 5.41) is 0. The zero-order chi connectivity index (χ0) is 10.5. The Hall–Kier alpha value is -1.09. The topological polar surface area (TPSA) is 35.5 Å². The number of hydrogen-bond donors (Lipinski definition) is 0. The second kappa shape index (κ2) is 2.95.